The van der Waals surface area contributed by atoms with Crippen LogP contribution >= 0.6 is 15.9 Å². The predicted molar refractivity (Wildman–Crippen MR) is 108 cm³/mol. The Labute approximate surface area is 190 Å². The topological polar surface area (TPSA) is 40.8 Å². The Hall–Kier alpha value is -1.74. The smallest absolute Gasteiger partial charge is 0.193 e. The van der Waals surface area contributed by atoms with Crippen LogP contribution in [-0.2, 0) is 13.5 Å². The first-order valence-electron chi connectivity index (χ1n) is 8.46. The molecule has 0 saturated heterocycles. The van der Waals surface area contributed by atoms with Crippen LogP contribution in [0.1, 0.15) is 11.3 Å². The van der Waals surface area contributed by atoms with Gasteiger partial charge in [-0.15, -0.1) is 0 Å². The molecule has 0 saturated carbocycles. The largest absolute Gasteiger partial charge is 1.00 e. The number of hydrogen-bond acceptors (Lipinski definition) is 4. The average molecular weight is 560 g/mol. The maximum absolute atomic E-state index is 5.50. The molecular formula is C21H23BrINO4. The summed E-state index contributed by atoms with van der Waals surface area (Å²) < 4.78 is 24.9. The van der Waals surface area contributed by atoms with Crippen LogP contribution in [0.4, 0.5) is 0 Å². The van der Waals surface area contributed by atoms with Crippen molar-refractivity contribution in [3.05, 3.63) is 52.3 Å². The van der Waals surface area contributed by atoms with Crippen molar-refractivity contribution >= 4 is 26.7 Å². The highest BCUT2D eigenvalue weighted by atomic mass is 127. The van der Waals surface area contributed by atoms with Gasteiger partial charge < -0.3 is 42.9 Å². The van der Waals surface area contributed by atoms with Crippen molar-refractivity contribution in [3.8, 4) is 23.0 Å². The fraction of sp³-hybridized carbons (Fsp3) is 0.286. The number of halogens is 2. The van der Waals surface area contributed by atoms with Crippen LogP contribution in [0.15, 0.2) is 41.0 Å². The normalized spacial score (nSPS) is 10.4. The van der Waals surface area contributed by atoms with Crippen LogP contribution in [-0.4, -0.2) is 28.4 Å². The summed E-state index contributed by atoms with van der Waals surface area (Å²) in [5.41, 5.74) is 2.26. The quantitative estimate of drug-likeness (QED) is 0.334. The minimum Gasteiger partial charge on any atom is -1.00 e. The van der Waals surface area contributed by atoms with Crippen LogP contribution < -0.4 is 47.5 Å². The second-order valence-electron chi connectivity index (χ2n) is 6.14. The summed E-state index contributed by atoms with van der Waals surface area (Å²) in [4.78, 5) is 0. The molecule has 0 aliphatic rings. The van der Waals surface area contributed by atoms with Crippen LogP contribution in [0.3, 0.4) is 0 Å². The molecule has 0 N–H and O–H groups in total. The van der Waals surface area contributed by atoms with Crippen molar-refractivity contribution < 1.29 is 47.5 Å². The van der Waals surface area contributed by atoms with Gasteiger partial charge in [-0.1, -0.05) is 15.9 Å². The summed E-state index contributed by atoms with van der Waals surface area (Å²) >= 11 is 3.66. The molecule has 0 unspecified atom stereocenters. The second-order valence-corrected chi connectivity index (χ2v) is 7.00. The SMILES string of the molecule is COc1cc(Br)c(Cc2c3cc(OC)c(OC)cc3cc[n+]2C)cc1OC.[I-]. The van der Waals surface area contributed by atoms with E-state index in [2.05, 4.69) is 32.8 Å². The first-order chi connectivity index (χ1) is 13.0. The van der Waals surface area contributed by atoms with E-state index in [1.54, 1.807) is 28.4 Å². The molecule has 0 radical (unpaired) electrons. The zero-order valence-corrected chi connectivity index (χ0v) is 20.3. The van der Waals surface area contributed by atoms with E-state index in [1.807, 2.05) is 31.3 Å². The van der Waals surface area contributed by atoms with Crippen molar-refractivity contribution in [1.82, 2.24) is 0 Å². The molecule has 1 heterocycles. The van der Waals surface area contributed by atoms with Crippen LogP contribution in [0.25, 0.3) is 10.8 Å². The van der Waals surface area contributed by atoms with Gasteiger partial charge in [0.2, 0.25) is 0 Å². The van der Waals surface area contributed by atoms with Gasteiger partial charge in [-0.05, 0) is 35.2 Å². The third-order valence-electron chi connectivity index (χ3n) is 4.68. The Morgan fingerprint density at radius 2 is 1.36 bits per heavy atom. The molecule has 3 aromatic rings. The van der Waals surface area contributed by atoms with Gasteiger partial charge in [-0.2, -0.15) is 0 Å². The number of pyridine rings is 1. The lowest BCUT2D eigenvalue weighted by Crippen LogP contribution is -3.00. The van der Waals surface area contributed by atoms with Crippen molar-refractivity contribution in [2.75, 3.05) is 28.4 Å². The molecule has 28 heavy (non-hydrogen) atoms. The van der Waals surface area contributed by atoms with E-state index >= 15 is 0 Å². The number of benzene rings is 2. The number of rotatable bonds is 6. The number of hydrogen-bond donors (Lipinski definition) is 0. The maximum atomic E-state index is 5.50. The molecule has 0 fully saturated rings. The van der Waals surface area contributed by atoms with E-state index < -0.39 is 0 Å². The Kier molecular flexibility index (Phi) is 7.77. The molecule has 2 aromatic carbocycles. The van der Waals surface area contributed by atoms with Gasteiger partial charge in [0.25, 0.3) is 0 Å². The predicted octanol–water partition coefficient (Wildman–Crippen LogP) is 1.06. The number of fused-ring (bicyclic) bond motifs is 1. The molecule has 1 aromatic heterocycles. The average Bonchev–Trinajstić information content (AvgIpc) is 2.69. The summed E-state index contributed by atoms with van der Waals surface area (Å²) in [6, 6.07) is 10.0. The van der Waals surface area contributed by atoms with Gasteiger partial charge in [0, 0.05) is 10.5 Å². The van der Waals surface area contributed by atoms with Crippen molar-refractivity contribution in [1.29, 1.82) is 0 Å². The summed E-state index contributed by atoms with van der Waals surface area (Å²) in [5.74, 6) is 2.83. The molecular weight excluding hydrogens is 537 g/mol. The first-order valence-corrected chi connectivity index (χ1v) is 9.25. The van der Waals surface area contributed by atoms with Crippen LogP contribution in [0.2, 0.25) is 0 Å². The highest BCUT2D eigenvalue weighted by Crippen LogP contribution is 2.36. The molecule has 0 atom stereocenters. The van der Waals surface area contributed by atoms with Crippen LogP contribution in [0, 0.1) is 0 Å². The monoisotopic (exact) mass is 559 g/mol. The third kappa shape index (κ3) is 4.30. The van der Waals surface area contributed by atoms with Crippen molar-refractivity contribution in [3.63, 3.8) is 0 Å². The Morgan fingerprint density at radius 1 is 0.821 bits per heavy atom. The van der Waals surface area contributed by atoms with E-state index in [4.69, 9.17) is 18.9 Å². The molecule has 7 heteroatoms. The standard InChI is InChI=1S/C21H23BrNO4.HI/c1-23-7-6-13-9-18(24-2)20(26-4)11-15(13)17(23)8-14-10-19(25-3)21(27-5)12-16(14)22;/h6-7,9-12H,8H2,1-5H3;1H/q+1;/p-1. The van der Waals surface area contributed by atoms with E-state index in [1.165, 1.54) is 0 Å². The summed E-state index contributed by atoms with van der Waals surface area (Å²) in [6.07, 6.45) is 2.77. The molecule has 0 spiro atoms. The highest BCUT2D eigenvalue weighted by molar-refractivity contribution is 9.10. The van der Waals surface area contributed by atoms with E-state index in [9.17, 15) is 0 Å². The number of methoxy groups -OCH3 is 4. The molecule has 0 aliphatic carbocycles. The lowest BCUT2D eigenvalue weighted by molar-refractivity contribution is -0.677. The minimum atomic E-state index is 0. The third-order valence-corrected chi connectivity index (χ3v) is 5.42. The zero-order valence-electron chi connectivity index (χ0n) is 16.5. The highest BCUT2D eigenvalue weighted by Gasteiger charge is 2.19. The Morgan fingerprint density at radius 3 is 1.96 bits per heavy atom. The van der Waals surface area contributed by atoms with Gasteiger partial charge in [-0.25, -0.2) is 4.57 Å². The summed E-state index contributed by atoms with van der Waals surface area (Å²) in [5, 5.41) is 2.21. The van der Waals surface area contributed by atoms with Gasteiger partial charge in [0.1, 0.15) is 7.05 Å². The summed E-state index contributed by atoms with van der Waals surface area (Å²) in [6.45, 7) is 0. The van der Waals surface area contributed by atoms with Crippen molar-refractivity contribution in [2.45, 2.75) is 6.42 Å². The number of nitrogens with zero attached hydrogens (tertiary/aromatic N) is 1. The lowest BCUT2D eigenvalue weighted by atomic mass is 10.0. The maximum Gasteiger partial charge on any atom is 0.193 e. The molecule has 3 rings (SSSR count). The molecule has 0 amide bonds. The zero-order chi connectivity index (χ0) is 19.6. The second kappa shape index (κ2) is 9.65. The Bertz CT molecular complexity index is 994. The van der Waals surface area contributed by atoms with Gasteiger partial charge >= 0.3 is 0 Å². The lowest BCUT2D eigenvalue weighted by Gasteiger charge is -2.13. The van der Waals surface area contributed by atoms with Gasteiger partial charge in [-0.3, -0.25) is 0 Å². The minimum absolute atomic E-state index is 0. The fourth-order valence-electron chi connectivity index (χ4n) is 3.19. The van der Waals surface area contributed by atoms with Crippen LogP contribution in [0.5, 0.6) is 23.0 Å². The molecule has 0 bridgehead atoms. The number of aryl methyl sites for hydroxylation is 1. The number of aromatic nitrogens is 1. The fourth-order valence-corrected chi connectivity index (χ4v) is 3.65. The first kappa shape index (κ1) is 22.5. The molecule has 5 nitrogen and oxygen atoms in total. The number of ether oxygens (including phenoxy) is 4. The van der Waals surface area contributed by atoms with E-state index in [0.29, 0.717) is 23.7 Å². The van der Waals surface area contributed by atoms with Gasteiger partial charge in [0.05, 0.1) is 40.2 Å². The Balaban J connectivity index is 0.00000280. The molecule has 150 valence electrons. The molecule has 0 aliphatic heterocycles. The summed E-state index contributed by atoms with van der Waals surface area (Å²) in [7, 11) is 8.62. The van der Waals surface area contributed by atoms with Gasteiger partial charge in [0.15, 0.2) is 34.9 Å². The van der Waals surface area contributed by atoms with E-state index in [0.717, 1.165) is 32.3 Å². The van der Waals surface area contributed by atoms with Crippen molar-refractivity contribution in [2.24, 2.45) is 7.05 Å². The van der Waals surface area contributed by atoms with E-state index in [-0.39, 0.29) is 24.0 Å².